The molecule has 3 aromatic rings. The van der Waals surface area contributed by atoms with E-state index in [1.807, 2.05) is 42.5 Å². The van der Waals surface area contributed by atoms with Gasteiger partial charge < -0.3 is 10.2 Å². The number of carbonyl (C=O) groups excluding carboxylic acids is 2. The van der Waals surface area contributed by atoms with E-state index in [1.54, 1.807) is 11.1 Å². The molecule has 1 aliphatic carbocycles. The molecule has 2 fully saturated rings. The summed E-state index contributed by atoms with van der Waals surface area (Å²) in [6, 6.07) is 12.8. The van der Waals surface area contributed by atoms with Crippen molar-refractivity contribution in [3.8, 4) is 0 Å². The summed E-state index contributed by atoms with van der Waals surface area (Å²) in [7, 11) is 0. The molecule has 0 radical (unpaired) electrons. The molecule has 1 aromatic heterocycles. The number of hydrogen-bond acceptors (Lipinski definition) is 3. The number of nitrogens with one attached hydrogen (secondary N) is 2. The topological polar surface area (TPSA) is 78.1 Å². The second-order valence-electron chi connectivity index (χ2n) is 8.62. The summed E-state index contributed by atoms with van der Waals surface area (Å²) >= 11 is 6.26. The predicted molar refractivity (Wildman–Crippen MR) is 121 cm³/mol. The Bertz CT molecular complexity index is 1140. The van der Waals surface area contributed by atoms with Crippen molar-refractivity contribution in [1.29, 1.82) is 0 Å². The molecule has 2 N–H and O–H groups in total. The molecule has 0 unspecified atom stereocenters. The number of rotatable bonds is 4. The zero-order valence-corrected chi connectivity index (χ0v) is 18.0. The van der Waals surface area contributed by atoms with Crippen LogP contribution < -0.4 is 5.32 Å². The summed E-state index contributed by atoms with van der Waals surface area (Å²) in [5.74, 6) is -0.0665. The minimum absolute atomic E-state index is 0.0650. The first kappa shape index (κ1) is 20.1. The molecule has 31 heavy (non-hydrogen) atoms. The summed E-state index contributed by atoms with van der Waals surface area (Å²) < 4.78 is 0. The Balaban J connectivity index is 1.39. The van der Waals surface area contributed by atoms with E-state index in [9.17, 15) is 9.59 Å². The van der Waals surface area contributed by atoms with Gasteiger partial charge >= 0.3 is 0 Å². The third-order valence-corrected chi connectivity index (χ3v) is 7.00. The van der Waals surface area contributed by atoms with Crippen LogP contribution in [-0.2, 0) is 15.0 Å². The average molecular weight is 437 g/mol. The largest absolute Gasteiger partial charge is 0.330 e. The number of benzene rings is 2. The fraction of sp³-hybridized carbons (Fsp3) is 0.375. The van der Waals surface area contributed by atoms with Crippen LogP contribution in [-0.4, -0.2) is 39.5 Å². The lowest BCUT2D eigenvalue weighted by Crippen LogP contribution is -2.51. The maximum absolute atomic E-state index is 13.9. The van der Waals surface area contributed by atoms with Crippen LogP contribution in [0.3, 0.4) is 0 Å². The normalized spacial score (nSPS) is 20.3. The van der Waals surface area contributed by atoms with E-state index in [2.05, 4.69) is 15.5 Å². The molecule has 0 bridgehead atoms. The molecule has 7 heteroatoms. The third kappa shape index (κ3) is 3.59. The number of amides is 2. The van der Waals surface area contributed by atoms with Crippen molar-refractivity contribution < 1.29 is 9.59 Å². The van der Waals surface area contributed by atoms with Gasteiger partial charge in [-0.25, -0.2) is 0 Å². The van der Waals surface area contributed by atoms with E-state index in [0.29, 0.717) is 23.7 Å². The van der Waals surface area contributed by atoms with Gasteiger partial charge in [0.25, 0.3) is 0 Å². The maximum Gasteiger partial charge on any atom is 0.247 e. The monoisotopic (exact) mass is 436 g/mol. The Morgan fingerprint density at radius 1 is 1.13 bits per heavy atom. The number of likely N-dealkylation sites (tertiary alicyclic amines) is 1. The third-order valence-electron chi connectivity index (χ3n) is 6.77. The molecule has 2 aromatic carbocycles. The Labute approximate surface area is 186 Å². The molecule has 2 heterocycles. The van der Waals surface area contributed by atoms with Gasteiger partial charge in [0.05, 0.1) is 17.1 Å². The molecule has 1 saturated heterocycles. The molecule has 1 aliphatic heterocycles. The van der Waals surface area contributed by atoms with Crippen molar-refractivity contribution >= 4 is 40.0 Å². The van der Waals surface area contributed by atoms with Crippen molar-refractivity contribution in [1.82, 2.24) is 15.1 Å². The maximum atomic E-state index is 13.9. The Hall–Kier alpha value is -2.86. The van der Waals surface area contributed by atoms with Gasteiger partial charge in [-0.05, 0) is 61.6 Å². The lowest BCUT2D eigenvalue weighted by atomic mass is 9.77. The van der Waals surface area contributed by atoms with Gasteiger partial charge in [0.2, 0.25) is 11.8 Å². The molecule has 0 spiro atoms. The van der Waals surface area contributed by atoms with Crippen LogP contribution in [0, 0.1) is 0 Å². The molecule has 1 atom stereocenters. The first-order valence-electron chi connectivity index (χ1n) is 10.9. The van der Waals surface area contributed by atoms with E-state index in [4.69, 9.17) is 11.6 Å². The molecular weight excluding hydrogens is 412 g/mol. The number of carbonyl (C=O) groups is 2. The number of fused-ring (bicyclic) bond motifs is 1. The van der Waals surface area contributed by atoms with Crippen molar-refractivity contribution in [2.45, 2.75) is 50.0 Å². The van der Waals surface area contributed by atoms with Crippen LogP contribution in [0.2, 0.25) is 5.02 Å². The highest BCUT2D eigenvalue weighted by molar-refractivity contribution is 6.30. The second-order valence-corrected chi connectivity index (χ2v) is 9.05. The predicted octanol–water partition coefficient (Wildman–Crippen LogP) is 4.66. The van der Waals surface area contributed by atoms with Crippen molar-refractivity contribution in [3.05, 3.63) is 59.2 Å². The molecular formula is C24H25ClN4O2. The fourth-order valence-electron chi connectivity index (χ4n) is 5.19. The zero-order valence-electron chi connectivity index (χ0n) is 17.2. The number of aromatic nitrogens is 2. The lowest BCUT2D eigenvalue weighted by molar-refractivity contribution is -0.141. The molecule has 2 aliphatic rings. The standard InChI is InChI=1S/C24H25ClN4O2/c25-18-6-3-5-17(14-18)24(10-1-2-11-24)23(31)29-12-4-7-21(29)22(30)27-19-8-9-20-16(13-19)15-26-28-20/h3,5-6,8-9,13-15,21H,1-2,4,7,10-12H2,(H,26,28)(H,27,30)/t21-/m1/s1. The van der Waals surface area contributed by atoms with E-state index >= 15 is 0 Å². The average Bonchev–Trinajstić information content (AvgIpc) is 3.53. The summed E-state index contributed by atoms with van der Waals surface area (Å²) in [5.41, 5.74) is 2.02. The highest BCUT2D eigenvalue weighted by Gasteiger charge is 2.48. The van der Waals surface area contributed by atoms with Gasteiger partial charge in [0.1, 0.15) is 6.04 Å². The zero-order chi connectivity index (χ0) is 21.4. The van der Waals surface area contributed by atoms with Crippen LogP contribution in [0.5, 0.6) is 0 Å². The lowest BCUT2D eigenvalue weighted by Gasteiger charge is -2.35. The van der Waals surface area contributed by atoms with E-state index in [0.717, 1.165) is 48.6 Å². The van der Waals surface area contributed by atoms with E-state index in [-0.39, 0.29) is 11.8 Å². The van der Waals surface area contributed by atoms with Gasteiger partial charge in [0.15, 0.2) is 0 Å². The smallest absolute Gasteiger partial charge is 0.247 e. The first-order valence-corrected chi connectivity index (χ1v) is 11.3. The fourth-order valence-corrected chi connectivity index (χ4v) is 5.38. The van der Waals surface area contributed by atoms with Gasteiger partial charge in [-0.15, -0.1) is 0 Å². The second kappa shape index (κ2) is 8.00. The molecule has 160 valence electrons. The van der Waals surface area contributed by atoms with E-state index < -0.39 is 11.5 Å². The minimum Gasteiger partial charge on any atom is -0.330 e. The summed E-state index contributed by atoms with van der Waals surface area (Å²) in [6.45, 7) is 0.611. The Morgan fingerprint density at radius 3 is 2.77 bits per heavy atom. The van der Waals surface area contributed by atoms with Crippen LogP contribution in [0.1, 0.15) is 44.1 Å². The molecule has 2 amide bonds. The number of hydrogen-bond donors (Lipinski definition) is 2. The van der Waals surface area contributed by atoms with Crippen LogP contribution in [0.25, 0.3) is 10.9 Å². The number of anilines is 1. The van der Waals surface area contributed by atoms with Crippen LogP contribution >= 0.6 is 11.6 Å². The number of aromatic amines is 1. The van der Waals surface area contributed by atoms with Crippen molar-refractivity contribution in [2.24, 2.45) is 0 Å². The molecule has 6 nitrogen and oxygen atoms in total. The van der Waals surface area contributed by atoms with Crippen molar-refractivity contribution in [3.63, 3.8) is 0 Å². The highest BCUT2D eigenvalue weighted by atomic mass is 35.5. The summed E-state index contributed by atoms with van der Waals surface area (Å²) in [4.78, 5) is 28.8. The number of halogens is 1. The quantitative estimate of drug-likeness (QED) is 0.624. The summed E-state index contributed by atoms with van der Waals surface area (Å²) in [5, 5.41) is 11.5. The Morgan fingerprint density at radius 2 is 1.97 bits per heavy atom. The SMILES string of the molecule is O=C(Nc1ccc2[nH]ncc2c1)[C@H]1CCCN1C(=O)C1(c2cccc(Cl)c2)CCCC1. The van der Waals surface area contributed by atoms with E-state index in [1.165, 1.54) is 0 Å². The van der Waals surface area contributed by atoms with Gasteiger partial charge in [-0.2, -0.15) is 5.10 Å². The number of nitrogens with zero attached hydrogens (tertiary/aromatic N) is 2. The van der Waals surface area contributed by atoms with Crippen molar-refractivity contribution in [2.75, 3.05) is 11.9 Å². The van der Waals surface area contributed by atoms with Gasteiger partial charge in [0, 0.05) is 22.6 Å². The van der Waals surface area contributed by atoms with Gasteiger partial charge in [-0.1, -0.05) is 36.6 Å². The molecule has 1 saturated carbocycles. The van der Waals surface area contributed by atoms with Crippen LogP contribution in [0.15, 0.2) is 48.7 Å². The van der Waals surface area contributed by atoms with Crippen LogP contribution in [0.4, 0.5) is 5.69 Å². The Kier molecular flexibility index (Phi) is 5.18. The summed E-state index contributed by atoms with van der Waals surface area (Å²) in [6.07, 6.45) is 6.85. The molecule has 5 rings (SSSR count). The number of H-pyrrole nitrogens is 1. The van der Waals surface area contributed by atoms with Gasteiger partial charge in [-0.3, -0.25) is 14.7 Å². The first-order chi connectivity index (χ1) is 15.1. The highest BCUT2D eigenvalue weighted by Crippen LogP contribution is 2.44. The minimum atomic E-state index is -0.580.